The first-order valence-corrected chi connectivity index (χ1v) is 4.34. The first-order chi connectivity index (χ1) is 6.18. The Kier molecular flexibility index (Phi) is 1.83. The van der Waals surface area contributed by atoms with Crippen molar-refractivity contribution in [2.24, 2.45) is 5.92 Å². The van der Waals surface area contributed by atoms with E-state index in [1.807, 2.05) is 12.2 Å². The van der Waals surface area contributed by atoms with Crippen LogP contribution in [-0.2, 0) is 9.53 Å². The van der Waals surface area contributed by atoms with E-state index < -0.39 is 6.09 Å². The lowest BCUT2D eigenvalue weighted by molar-refractivity contribution is -0.130. The molecule has 70 valence electrons. The Balaban J connectivity index is 2.13. The third kappa shape index (κ3) is 1.32. The summed E-state index contributed by atoms with van der Waals surface area (Å²) in [5.41, 5.74) is 0. The summed E-state index contributed by atoms with van der Waals surface area (Å²) in [4.78, 5) is 23.4. The molecule has 0 bridgehead atoms. The van der Waals surface area contributed by atoms with E-state index in [0.29, 0.717) is 6.54 Å². The summed E-state index contributed by atoms with van der Waals surface area (Å²) in [6, 6.07) is 0. The molecule has 0 aromatic heterocycles. The minimum absolute atomic E-state index is 0.0388. The molecular weight excluding hydrogens is 170 g/mol. The molecule has 4 heteroatoms. The highest BCUT2D eigenvalue weighted by Crippen LogP contribution is 2.27. The van der Waals surface area contributed by atoms with Gasteiger partial charge >= 0.3 is 6.09 Å². The van der Waals surface area contributed by atoms with Crippen molar-refractivity contribution in [1.82, 2.24) is 4.90 Å². The predicted octanol–water partition coefficient (Wildman–Crippen LogP) is 0.930. The lowest BCUT2D eigenvalue weighted by Gasteiger charge is -2.32. The minimum atomic E-state index is -0.502. The lowest BCUT2D eigenvalue weighted by atomic mass is 10.0. The van der Waals surface area contributed by atoms with Crippen molar-refractivity contribution in [3.8, 4) is 0 Å². The molecule has 4 nitrogen and oxygen atoms in total. The summed E-state index contributed by atoms with van der Waals surface area (Å²) in [5.74, 6) is -0.0506. The quantitative estimate of drug-likeness (QED) is 0.522. The van der Waals surface area contributed by atoms with E-state index in [-0.39, 0.29) is 17.9 Å². The van der Waals surface area contributed by atoms with Crippen molar-refractivity contribution in [3.63, 3.8) is 0 Å². The fraction of sp³-hybridized carbons (Fsp3) is 0.556. The van der Waals surface area contributed by atoms with E-state index in [1.54, 1.807) is 0 Å². The highest BCUT2D eigenvalue weighted by atomic mass is 16.6. The van der Waals surface area contributed by atoms with Crippen molar-refractivity contribution in [1.29, 1.82) is 0 Å². The molecule has 0 aromatic carbocycles. The van der Waals surface area contributed by atoms with Crippen LogP contribution in [0.2, 0.25) is 0 Å². The number of rotatable bonds is 0. The van der Waals surface area contributed by atoms with Gasteiger partial charge in [0.15, 0.2) is 0 Å². The van der Waals surface area contributed by atoms with Gasteiger partial charge in [-0.25, -0.2) is 9.69 Å². The van der Waals surface area contributed by atoms with Crippen molar-refractivity contribution in [2.75, 3.05) is 6.54 Å². The molecule has 0 unspecified atom stereocenters. The van der Waals surface area contributed by atoms with E-state index >= 15 is 0 Å². The second-order valence-electron chi connectivity index (χ2n) is 3.38. The van der Waals surface area contributed by atoms with Gasteiger partial charge in [0, 0.05) is 25.8 Å². The maximum absolute atomic E-state index is 11.2. The fourth-order valence-corrected chi connectivity index (χ4v) is 1.74. The smallest absolute Gasteiger partial charge is 0.416 e. The number of ether oxygens (including phenoxy) is 1. The Morgan fingerprint density at radius 3 is 3.15 bits per heavy atom. The Morgan fingerprint density at radius 1 is 1.69 bits per heavy atom. The third-order valence-electron chi connectivity index (χ3n) is 2.48. The number of amides is 2. The molecule has 0 N–H and O–H groups in total. The Bertz CT molecular complexity index is 285. The number of nitrogens with zero attached hydrogens (tertiary/aromatic N) is 1. The van der Waals surface area contributed by atoms with Crippen molar-refractivity contribution in [2.45, 2.75) is 19.4 Å². The largest absolute Gasteiger partial charge is 0.445 e. The molecule has 1 aliphatic heterocycles. The fourth-order valence-electron chi connectivity index (χ4n) is 1.74. The average Bonchev–Trinajstić information content (AvgIpc) is 2.48. The van der Waals surface area contributed by atoms with Gasteiger partial charge in [-0.1, -0.05) is 12.2 Å². The number of carbonyl (C=O) groups excluding carboxylic acids is 2. The lowest BCUT2D eigenvalue weighted by Crippen LogP contribution is -2.48. The second kappa shape index (κ2) is 2.87. The molecule has 1 aliphatic carbocycles. The summed E-state index contributed by atoms with van der Waals surface area (Å²) in [5, 5.41) is 0. The maximum atomic E-state index is 11.2. The van der Waals surface area contributed by atoms with Gasteiger partial charge in [0.1, 0.15) is 6.10 Å². The Labute approximate surface area is 76.2 Å². The summed E-state index contributed by atoms with van der Waals surface area (Å²) >= 11 is 0. The van der Waals surface area contributed by atoms with E-state index in [0.717, 1.165) is 11.3 Å². The summed E-state index contributed by atoms with van der Waals surface area (Å²) in [7, 11) is 0. The number of carbonyl (C=O) groups is 2. The number of imide groups is 1. The number of hydrogen-bond donors (Lipinski definition) is 0. The molecule has 13 heavy (non-hydrogen) atoms. The first kappa shape index (κ1) is 8.29. The van der Waals surface area contributed by atoms with Gasteiger partial charge < -0.3 is 4.74 Å². The second-order valence-corrected chi connectivity index (χ2v) is 3.38. The molecule has 0 spiro atoms. The minimum Gasteiger partial charge on any atom is -0.445 e. The van der Waals surface area contributed by atoms with Gasteiger partial charge in [0.05, 0.1) is 0 Å². The summed E-state index contributed by atoms with van der Waals surface area (Å²) < 4.78 is 5.09. The van der Waals surface area contributed by atoms with Crippen molar-refractivity contribution < 1.29 is 14.3 Å². The van der Waals surface area contributed by atoms with Crippen LogP contribution < -0.4 is 0 Å². The van der Waals surface area contributed by atoms with Crippen LogP contribution in [0.4, 0.5) is 4.79 Å². The zero-order chi connectivity index (χ0) is 9.42. The summed E-state index contributed by atoms with van der Waals surface area (Å²) in [6.45, 7) is 1.84. The van der Waals surface area contributed by atoms with Crippen LogP contribution in [0.1, 0.15) is 13.3 Å². The monoisotopic (exact) mass is 181 g/mol. The van der Waals surface area contributed by atoms with Crippen LogP contribution >= 0.6 is 0 Å². The Morgan fingerprint density at radius 2 is 2.46 bits per heavy atom. The molecule has 0 aromatic rings. The highest BCUT2D eigenvalue weighted by molar-refractivity contribution is 5.91. The molecule has 2 amide bonds. The van der Waals surface area contributed by atoms with Gasteiger partial charge in [-0.3, -0.25) is 4.79 Å². The van der Waals surface area contributed by atoms with Crippen LogP contribution in [0, 0.1) is 5.92 Å². The van der Waals surface area contributed by atoms with Crippen molar-refractivity contribution in [3.05, 3.63) is 12.2 Å². The average molecular weight is 181 g/mol. The Hall–Kier alpha value is -1.32. The SMILES string of the molecule is CC(=O)N1C[C@H]2C=CC[C@H]2OC1=O. The first-order valence-electron chi connectivity index (χ1n) is 4.34. The molecule has 2 atom stereocenters. The maximum Gasteiger partial charge on any atom is 0.416 e. The standard InChI is InChI=1S/C9H11NO3/c1-6(11)10-5-7-3-2-4-8(7)13-9(10)12/h2-3,7-8H,4-5H2,1H3/t7-,8-/m1/s1. The van der Waals surface area contributed by atoms with Crippen LogP contribution in [0.25, 0.3) is 0 Å². The zero-order valence-corrected chi connectivity index (χ0v) is 7.40. The molecule has 1 heterocycles. The third-order valence-corrected chi connectivity index (χ3v) is 2.48. The van der Waals surface area contributed by atoms with Gasteiger partial charge in [-0.15, -0.1) is 0 Å². The normalized spacial score (nSPS) is 31.5. The number of fused-ring (bicyclic) bond motifs is 1. The van der Waals surface area contributed by atoms with Crippen LogP contribution in [0.3, 0.4) is 0 Å². The predicted molar refractivity (Wildman–Crippen MR) is 44.9 cm³/mol. The molecule has 2 rings (SSSR count). The van der Waals surface area contributed by atoms with Gasteiger partial charge in [-0.05, 0) is 0 Å². The van der Waals surface area contributed by atoms with Crippen LogP contribution in [0.5, 0.6) is 0 Å². The highest BCUT2D eigenvalue weighted by Gasteiger charge is 2.37. The summed E-state index contributed by atoms with van der Waals surface area (Å²) in [6.07, 6.45) is 4.24. The number of hydrogen-bond acceptors (Lipinski definition) is 3. The molecule has 0 saturated carbocycles. The topological polar surface area (TPSA) is 46.6 Å². The van der Waals surface area contributed by atoms with Gasteiger partial charge in [0.25, 0.3) is 0 Å². The molecule has 1 fully saturated rings. The molecular formula is C9H11NO3. The zero-order valence-electron chi connectivity index (χ0n) is 7.40. The van der Waals surface area contributed by atoms with Gasteiger partial charge in [0.2, 0.25) is 5.91 Å². The molecule has 2 aliphatic rings. The van der Waals surface area contributed by atoms with Crippen LogP contribution in [0.15, 0.2) is 12.2 Å². The van der Waals surface area contributed by atoms with E-state index in [9.17, 15) is 9.59 Å². The van der Waals surface area contributed by atoms with E-state index in [2.05, 4.69) is 0 Å². The van der Waals surface area contributed by atoms with E-state index in [4.69, 9.17) is 4.74 Å². The van der Waals surface area contributed by atoms with Crippen molar-refractivity contribution >= 4 is 12.0 Å². The van der Waals surface area contributed by atoms with Crippen LogP contribution in [-0.4, -0.2) is 29.5 Å². The molecule has 0 radical (unpaired) electrons. The van der Waals surface area contributed by atoms with E-state index in [1.165, 1.54) is 6.92 Å². The van der Waals surface area contributed by atoms with Gasteiger partial charge in [-0.2, -0.15) is 0 Å². The molecule has 1 saturated heterocycles.